The first-order valence-electron chi connectivity index (χ1n) is 9.19. The number of carboxylic acids is 1. The van der Waals surface area contributed by atoms with Crippen molar-refractivity contribution in [1.82, 2.24) is 0 Å². The van der Waals surface area contributed by atoms with Gasteiger partial charge in [-0.1, -0.05) is 78.3 Å². The SMILES string of the molecule is O=C(CC(CCc1ccccc1)C(=O)O)c1ccc(-c2ccc(Cl)cc2)cc1. The highest BCUT2D eigenvalue weighted by atomic mass is 35.5. The summed E-state index contributed by atoms with van der Waals surface area (Å²) in [5.41, 5.74) is 3.60. The van der Waals surface area contributed by atoms with E-state index < -0.39 is 11.9 Å². The average Bonchev–Trinajstić information content (AvgIpc) is 2.72. The molecule has 0 aliphatic heterocycles. The molecule has 4 heteroatoms. The zero-order chi connectivity index (χ0) is 19.9. The predicted octanol–water partition coefficient (Wildman–Crippen LogP) is 5.91. The summed E-state index contributed by atoms with van der Waals surface area (Å²) >= 11 is 5.91. The molecule has 3 nitrogen and oxygen atoms in total. The smallest absolute Gasteiger partial charge is 0.306 e. The molecule has 1 unspecified atom stereocenters. The van der Waals surface area contributed by atoms with Gasteiger partial charge < -0.3 is 5.11 Å². The molecule has 0 radical (unpaired) electrons. The van der Waals surface area contributed by atoms with Gasteiger partial charge in [-0.25, -0.2) is 0 Å². The largest absolute Gasteiger partial charge is 0.481 e. The maximum absolute atomic E-state index is 12.6. The van der Waals surface area contributed by atoms with Gasteiger partial charge in [-0.3, -0.25) is 9.59 Å². The van der Waals surface area contributed by atoms with E-state index >= 15 is 0 Å². The molecule has 1 atom stereocenters. The van der Waals surface area contributed by atoms with Crippen molar-refractivity contribution in [2.24, 2.45) is 5.92 Å². The van der Waals surface area contributed by atoms with Crippen molar-refractivity contribution in [1.29, 1.82) is 0 Å². The van der Waals surface area contributed by atoms with Crippen LogP contribution in [-0.2, 0) is 11.2 Å². The summed E-state index contributed by atoms with van der Waals surface area (Å²) in [6, 6.07) is 24.4. The Morgan fingerprint density at radius 2 is 1.39 bits per heavy atom. The summed E-state index contributed by atoms with van der Waals surface area (Å²) in [6.07, 6.45) is 1.08. The lowest BCUT2D eigenvalue weighted by Gasteiger charge is -2.12. The van der Waals surface area contributed by atoms with Crippen LogP contribution in [0.5, 0.6) is 0 Å². The minimum absolute atomic E-state index is 0.00244. The molecule has 28 heavy (non-hydrogen) atoms. The molecule has 142 valence electrons. The van der Waals surface area contributed by atoms with E-state index in [-0.39, 0.29) is 12.2 Å². The van der Waals surface area contributed by atoms with E-state index in [0.717, 1.165) is 16.7 Å². The summed E-state index contributed by atoms with van der Waals surface area (Å²) in [7, 11) is 0. The maximum atomic E-state index is 12.6. The fraction of sp³-hybridized carbons (Fsp3) is 0.167. The van der Waals surface area contributed by atoms with Gasteiger partial charge in [0.15, 0.2) is 5.78 Å². The molecular formula is C24H21ClO3. The van der Waals surface area contributed by atoms with Gasteiger partial charge in [0.2, 0.25) is 0 Å². The second-order valence-electron chi connectivity index (χ2n) is 6.77. The molecular weight excluding hydrogens is 372 g/mol. The minimum atomic E-state index is -0.929. The summed E-state index contributed by atoms with van der Waals surface area (Å²) < 4.78 is 0. The van der Waals surface area contributed by atoms with Crippen LogP contribution in [0.25, 0.3) is 11.1 Å². The van der Waals surface area contributed by atoms with Crippen molar-refractivity contribution in [2.45, 2.75) is 19.3 Å². The standard InChI is InChI=1S/C24H21ClO3/c25-22-14-12-19(13-15-22)18-8-10-20(11-9-18)23(26)16-21(24(27)28)7-6-17-4-2-1-3-5-17/h1-5,8-15,21H,6-7,16H2,(H,27,28). The van der Waals surface area contributed by atoms with Crippen LogP contribution in [0.15, 0.2) is 78.9 Å². The zero-order valence-corrected chi connectivity index (χ0v) is 16.1. The number of carbonyl (C=O) groups is 2. The summed E-state index contributed by atoms with van der Waals surface area (Å²) in [6.45, 7) is 0. The molecule has 0 bridgehead atoms. The third-order valence-corrected chi connectivity index (χ3v) is 5.04. The normalized spacial score (nSPS) is 11.8. The van der Waals surface area contributed by atoms with E-state index in [1.54, 1.807) is 12.1 Å². The topological polar surface area (TPSA) is 54.4 Å². The number of aliphatic carboxylic acids is 1. The van der Waals surface area contributed by atoms with Crippen LogP contribution in [0, 0.1) is 5.92 Å². The number of ketones is 1. The highest BCUT2D eigenvalue weighted by Crippen LogP contribution is 2.23. The van der Waals surface area contributed by atoms with Crippen LogP contribution < -0.4 is 0 Å². The second kappa shape index (κ2) is 9.34. The van der Waals surface area contributed by atoms with Crippen LogP contribution in [-0.4, -0.2) is 16.9 Å². The number of carboxylic acid groups (broad SMARTS) is 1. The monoisotopic (exact) mass is 392 g/mol. The van der Waals surface area contributed by atoms with Crippen molar-refractivity contribution in [3.8, 4) is 11.1 Å². The molecule has 0 amide bonds. The van der Waals surface area contributed by atoms with Gasteiger partial charge in [0.25, 0.3) is 0 Å². The first-order valence-corrected chi connectivity index (χ1v) is 9.56. The molecule has 0 aliphatic carbocycles. The number of halogens is 1. The predicted molar refractivity (Wildman–Crippen MR) is 112 cm³/mol. The van der Waals surface area contributed by atoms with E-state index in [2.05, 4.69) is 0 Å². The molecule has 3 rings (SSSR count). The Balaban J connectivity index is 1.64. The van der Waals surface area contributed by atoms with Gasteiger partial charge in [-0.2, -0.15) is 0 Å². The molecule has 0 saturated heterocycles. The number of rotatable bonds is 8. The Labute approximate surface area is 169 Å². The number of aryl methyl sites for hydroxylation is 1. The van der Waals surface area contributed by atoms with Crippen LogP contribution in [0.4, 0.5) is 0 Å². The lowest BCUT2D eigenvalue weighted by molar-refractivity contribution is -0.141. The highest BCUT2D eigenvalue weighted by Gasteiger charge is 2.22. The molecule has 3 aromatic rings. The van der Waals surface area contributed by atoms with Crippen LogP contribution in [0.1, 0.15) is 28.8 Å². The van der Waals surface area contributed by atoms with Gasteiger partial charge in [-0.05, 0) is 41.7 Å². The number of Topliss-reactive ketones (excluding diaryl/α,β-unsaturated/α-hetero) is 1. The van der Waals surface area contributed by atoms with Crippen LogP contribution in [0.3, 0.4) is 0 Å². The van der Waals surface area contributed by atoms with Gasteiger partial charge in [0, 0.05) is 17.0 Å². The number of benzene rings is 3. The van der Waals surface area contributed by atoms with E-state index in [0.29, 0.717) is 23.4 Å². The Kier molecular flexibility index (Phi) is 6.62. The molecule has 0 aromatic heterocycles. The molecule has 0 heterocycles. The van der Waals surface area contributed by atoms with Gasteiger partial charge in [-0.15, -0.1) is 0 Å². The third-order valence-electron chi connectivity index (χ3n) is 4.79. The zero-order valence-electron chi connectivity index (χ0n) is 15.3. The Bertz CT molecular complexity index is 932. The summed E-state index contributed by atoms with van der Waals surface area (Å²) in [4.78, 5) is 24.2. The molecule has 0 fully saturated rings. The highest BCUT2D eigenvalue weighted by molar-refractivity contribution is 6.30. The number of carbonyl (C=O) groups excluding carboxylic acids is 1. The molecule has 0 saturated carbocycles. The molecule has 3 aromatic carbocycles. The third kappa shape index (κ3) is 5.30. The molecule has 0 spiro atoms. The lowest BCUT2D eigenvalue weighted by atomic mass is 9.92. The Morgan fingerprint density at radius 1 is 0.821 bits per heavy atom. The van der Waals surface area contributed by atoms with Crippen molar-refractivity contribution in [3.05, 3.63) is 95.0 Å². The van der Waals surface area contributed by atoms with E-state index in [9.17, 15) is 14.7 Å². The summed E-state index contributed by atoms with van der Waals surface area (Å²) in [5.74, 6) is -1.77. The van der Waals surface area contributed by atoms with Crippen molar-refractivity contribution in [3.63, 3.8) is 0 Å². The van der Waals surface area contributed by atoms with E-state index in [1.165, 1.54) is 0 Å². The van der Waals surface area contributed by atoms with Crippen molar-refractivity contribution < 1.29 is 14.7 Å². The number of hydrogen-bond donors (Lipinski definition) is 1. The van der Waals surface area contributed by atoms with Crippen molar-refractivity contribution in [2.75, 3.05) is 0 Å². The van der Waals surface area contributed by atoms with Crippen LogP contribution >= 0.6 is 11.6 Å². The molecule has 0 aliphatic rings. The number of hydrogen-bond acceptors (Lipinski definition) is 2. The molecule has 1 N–H and O–H groups in total. The van der Waals surface area contributed by atoms with Gasteiger partial charge in [0.05, 0.1) is 5.92 Å². The first-order chi connectivity index (χ1) is 13.5. The van der Waals surface area contributed by atoms with Crippen LogP contribution in [0.2, 0.25) is 5.02 Å². The van der Waals surface area contributed by atoms with Gasteiger partial charge in [0.1, 0.15) is 0 Å². The first kappa shape index (κ1) is 19.8. The van der Waals surface area contributed by atoms with E-state index in [1.807, 2.05) is 66.7 Å². The minimum Gasteiger partial charge on any atom is -0.481 e. The lowest BCUT2D eigenvalue weighted by Crippen LogP contribution is -2.19. The second-order valence-corrected chi connectivity index (χ2v) is 7.21. The fourth-order valence-electron chi connectivity index (χ4n) is 3.13. The quantitative estimate of drug-likeness (QED) is 0.484. The Morgan fingerprint density at radius 3 is 1.96 bits per heavy atom. The fourth-order valence-corrected chi connectivity index (χ4v) is 3.26. The van der Waals surface area contributed by atoms with Gasteiger partial charge >= 0.3 is 5.97 Å². The van der Waals surface area contributed by atoms with Crippen molar-refractivity contribution >= 4 is 23.4 Å². The Hall–Kier alpha value is -2.91. The average molecular weight is 393 g/mol. The van der Waals surface area contributed by atoms with E-state index in [4.69, 9.17) is 11.6 Å². The maximum Gasteiger partial charge on any atom is 0.306 e. The summed E-state index contributed by atoms with van der Waals surface area (Å²) in [5, 5.41) is 10.2.